The van der Waals surface area contributed by atoms with Crippen LogP contribution in [0.2, 0.25) is 0 Å². The van der Waals surface area contributed by atoms with Crippen LogP contribution in [-0.4, -0.2) is 54.1 Å². The molecule has 0 unspecified atom stereocenters. The van der Waals surface area contributed by atoms with Crippen molar-refractivity contribution in [2.24, 2.45) is 5.73 Å². The van der Waals surface area contributed by atoms with Crippen LogP contribution in [0.15, 0.2) is 36.5 Å². The molecule has 2 N–H and O–H groups in total. The Labute approximate surface area is 126 Å². The average molecular weight is 284 g/mol. The van der Waals surface area contributed by atoms with Crippen molar-refractivity contribution in [3.05, 3.63) is 42.1 Å². The van der Waals surface area contributed by atoms with E-state index < -0.39 is 0 Å². The fourth-order valence-electron chi connectivity index (χ4n) is 3.07. The second-order valence-corrected chi connectivity index (χ2v) is 5.79. The third kappa shape index (κ3) is 3.79. The minimum Gasteiger partial charge on any atom is -0.329 e. The highest BCUT2D eigenvalue weighted by Crippen LogP contribution is 2.15. The van der Waals surface area contributed by atoms with Gasteiger partial charge < -0.3 is 10.6 Å². The minimum atomic E-state index is 0.762. The minimum absolute atomic E-state index is 0.762. The van der Waals surface area contributed by atoms with Crippen molar-refractivity contribution in [1.82, 2.24) is 14.8 Å². The van der Waals surface area contributed by atoms with E-state index in [0.717, 1.165) is 38.2 Å². The van der Waals surface area contributed by atoms with Gasteiger partial charge in [0.05, 0.1) is 5.52 Å². The monoisotopic (exact) mass is 284 g/mol. The third-order valence-electron chi connectivity index (χ3n) is 4.20. The summed E-state index contributed by atoms with van der Waals surface area (Å²) in [5, 5.41) is 1.23. The summed E-state index contributed by atoms with van der Waals surface area (Å²) in [5.74, 6) is 0. The van der Waals surface area contributed by atoms with E-state index in [1.54, 1.807) is 0 Å². The van der Waals surface area contributed by atoms with E-state index in [4.69, 9.17) is 5.73 Å². The number of hydrogen-bond donors (Lipinski definition) is 1. The summed E-state index contributed by atoms with van der Waals surface area (Å²) in [4.78, 5) is 9.41. The van der Waals surface area contributed by atoms with E-state index in [0.29, 0.717) is 0 Å². The van der Waals surface area contributed by atoms with Gasteiger partial charge in [0.2, 0.25) is 0 Å². The number of rotatable bonds is 4. The molecule has 2 aromatic rings. The fourth-order valence-corrected chi connectivity index (χ4v) is 3.07. The van der Waals surface area contributed by atoms with Gasteiger partial charge in [-0.1, -0.05) is 12.1 Å². The van der Waals surface area contributed by atoms with Crippen molar-refractivity contribution in [1.29, 1.82) is 0 Å². The van der Waals surface area contributed by atoms with E-state index in [1.807, 2.05) is 12.3 Å². The molecular formula is C17H24N4. The van der Waals surface area contributed by atoms with E-state index in [-0.39, 0.29) is 0 Å². The lowest BCUT2D eigenvalue weighted by Gasteiger charge is -2.21. The number of pyridine rings is 1. The Balaban J connectivity index is 1.64. The van der Waals surface area contributed by atoms with E-state index in [2.05, 4.69) is 39.0 Å². The molecule has 112 valence electrons. The lowest BCUT2D eigenvalue weighted by atomic mass is 10.1. The fraction of sp³-hybridized carbons (Fsp3) is 0.471. The van der Waals surface area contributed by atoms with Crippen molar-refractivity contribution >= 4 is 10.9 Å². The first-order valence-corrected chi connectivity index (χ1v) is 7.83. The quantitative estimate of drug-likeness (QED) is 0.928. The van der Waals surface area contributed by atoms with Gasteiger partial charge in [-0.05, 0) is 43.3 Å². The maximum atomic E-state index is 5.66. The zero-order chi connectivity index (χ0) is 14.5. The highest BCUT2D eigenvalue weighted by atomic mass is 15.2. The predicted octanol–water partition coefficient (Wildman–Crippen LogP) is 1.70. The van der Waals surface area contributed by atoms with Gasteiger partial charge in [-0.25, -0.2) is 0 Å². The first-order valence-electron chi connectivity index (χ1n) is 7.83. The SMILES string of the molecule is NCCN1CCCN(Cc2ccc3ncccc3c2)CC1. The molecule has 1 fully saturated rings. The molecular weight excluding hydrogens is 260 g/mol. The largest absolute Gasteiger partial charge is 0.329 e. The van der Waals surface area contributed by atoms with Crippen LogP contribution in [-0.2, 0) is 6.54 Å². The summed E-state index contributed by atoms with van der Waals surface area (Å²) < 4.78 is 0. The number of nitrogens with zero attached hydrogens (tertiary/aromatic N) is 3. The van der Waals surface area contributed by atoms with Gasteiger partial charge in [0.25, 0.3) is 0 Å². The summed E-state index contributed by atoms with van der Waals surface area (Å²) in [6, 6.07) is 10.7. The molecule has 0 radical (unpaired) electrons. The molecule has 4 heteroatoms. The van der Waals surface area contributed by atoms with Crippen LogP contribution < -0.4 is 5.73 Å². The second-order valence-electron chi connectivity index (χ2n) is 5.79. The summed E-state index contributed by atoms with van der Waals surface area (Å²) in [6.45, 7) is 7.42. The second kappa shape index (κ2) is 6.98. The molecule has 0 spiro atoms. The molecule has 1 aliphatic rings. The molecule has 0 atom stereocenters. The van der Waals surface area contributed by atoms with Crippen LogP contribution in [0.5, 0.6) is 0 Å². The third-order valence-corrected chi connectivity index (χ3v) is 4.20. The van der Waals surface area contributed by atoms with Crippen molar-refractivity contribution in [2.75, 3.05) is 39.3 Å². The number of nitrogens with two attached hydrogens (primary N) is 1. The normalized spacial score (nSPS) is 18.0. The Hall–Kier alpha value is -1.49. The molecule has 1 aromatic heterocycles. The lowest BCUT2D eigenvalue weighted by molar-refractivity contribution is 0.255. The highest BCUT2D eigenvalue weighted by Gasteiger charge is 2.14. The van der Waals surface area contributed by atoms with Gasteiger partial charge in [0.15, 0.2) is 0 Å². The lowest BCUT2D eigenvalue weighted by Crippen LogP contribution is -2.33. The van der Waals surface area contributed by atoms with Crippen LogP contribution in [0, 0.1) is 0 Å². The summed E-state index contributed by atoms with van der Waals surface area (Å²) in [7, 11) is 0. The van der Waals surface area contributed by atoms with Crippen LogP contribution in [0.3, 0.4) is 0 Å². The molecule has 2 heterocycles. The summed E-state index contributed by atoms with van der Waals surface area (Å²) in [5.41, 5.74) is 8.11. The van der Waals surface area contributed by atoms with E-state index in [1.165, 1.54) is 30.5 Å². The molecule has 1 aromatic carbocycles. The Morgan fingerprint density at radius 2 is 1.90 bits per heavy atom. The zero-order valence-electron chi connectivity index (χ0n) is 12.5. The first-order chi connectivity index (χ1) is 10.3. The molecule has 0 aliphatic carbocycles. The maximum Gasteiger partial charge on any atom is 0.0702 e. The van der Waals surface area contributed by atoms with E-state index in [9.17, 15) is 0 Å². The molecule has 0 amide bonds. The number of aromatic nitrogens is 1. The Kier molecular flexibility index (Phi) is 4.80. The summed E-state index contributed by atoms with van der Waals surface area (Å²) >= 11 is 0. The number of hydrogen-bond acceptors (Lipinski definition) is 4. The predicted molar refractivity (Wildman–Crippen MR) is 87.1 cm³/mol. The van der Waals surface area contributed by atoms with Gasteiger partial charge in [-0.3, -0.25) is 9.88 Å². The Morgan fingerprint density at radius 3 is 2.81 bits per heavy atom. The van der Waals surface area contributed by atoms with E-state index >= 15 is 0 Å². The van der Waals surface area contributed by atoms with Crippen LogP contribution in [0.25, 0.3) is 10.9 Å². The first kappa shape index (κ1) is 14.4. The molecule has 0 bridgehead atoms. The summed E-state index contributed by atoms with van der Waals surface area (Å²) in [6.07, 6.45) is 3.08. The van der Waals surface area contributed by atoms with Gasteiger partial charge in [-0.2, -0.15) is 0 Å². The van der Waals surface area contributed by atoms with Crippen LogP contribution >= 0.6 is 0 Å². The maximum absolute atomic E-state index is 5.66. The van der Waals surface area contributed by atoms with Crippen molar-refractivity contribution < 1.29 is 0 Å². The smallest absolute Gasteiger partial charge is 0.0702 e. The molecule has 21 heavy (non-hydrogen) atoms. The van der Waals surface area contributed by atoms with Gasteiger partial charge in [0.1, 0.15) is 0 Å². The molecule has 4 nitrogen and oxygen atoms in total. The molecule has 1 aliphatic heterocycles. The zero-order valence-corrected chi connectivity index (χ0v) is 12.5. The van der Waals surface area contributed by atoms with Gasteiger partial charge >= 0.3 is 0 Å². The van der Waals surface area contributed by atoms with Crippen molar-refractivity contribution in [3.63, 3.8) is 0 Å². The van der Waals surface area contributed by atoms with Crippen molar-refractivity contribution in [3.8, 4) is 0 Å². The molecule has 1 saturated heterocycles. The molecule has 0 saturated carbocycles. The average Bonchev–Trinajstić information content (AvgIpc) is 2.73. The van der Waals surface area contributed by atoms with Crippen molar-refractivity contribution in [2.45, 2.75) is 13.0 Å². The highest BCUT2D eigenvalue weighted by molar-refractivity contribution is 5.78. The van der Waals surface area contributed by atoms with Gasteiger partial charge in [0, 0.05) is 44.3 Å². The van der Waals surface area contributed by atoms with Crippen LogP contribution in [0.4, 0.5) is 0 Å². The Bertz CT molecular complexity index is 584. The standard InChI is InChI=1S/C17H24N4/c18-6-10-20-8-2-9-21(12-11-20)14-15-4-5-17-16(13-15)3-1-7-19-17/h1,3-5,7,13H,2,6,8-12,14,18H2. The van der Waals surface area contributed by atoms with Crippen LogP contribution in [0.1, 0.15) is 12.0 Å². The topological polar surface area (TPSA) is 45.4 Å². The number of fused-ring (bicyclic) bond motifs is 1. The molecule has 3 rings (SSSR count). The number of benzene rings is 1. The van der Waals surface area contributed by atoms with Gasteiger partial charge in [-0.15, -0.1) is 0 Å². The Morgan fingerprint density at radius 1 is 1.05 bits per heavy atom.